The summed E-state index contributed by atoms with van der Waals surface area (Å²) in [7, 11) is 1.58. The van der Waals surface area contributed by atoms with Gasteiger partial charge in [0.2, 0.25) is 5.91 Å². The van der Waals surface area contributed by atoms with E-state index in [1.54, 1.807) is 41.9 Å². The van der Waals surface area contributed by atoms with Crippen LogP contribution in [0.2, 0.25) is 0 Å². The minimum Gasteiger partial charge on any atom is -0.496 e. The van der Waals surface area contributed by atoms with Crippen LogP contribution in [0.25, 0.3) is 16.8 Å². The van der Waals surface area contributed by atoms with Crippen molar-refractivity contribution < 1.29 is 19.4 Å². The number of carboxylic acid groups (broad SMARTS) is 1. The zero-order valence-corrected chi connectivity index (χ0v) is 17.3. The number of rotatable bonds is 8. The number of carboxylic acids is 1. The fraction of sp³-hybridized carbons (Fsp3) is 0.261. The average molecular weight is 407 g/mol. The van der Waals surface area contributed by atoms with E-state index in [-0.39, 0.29) is 12.3 Å². The standard InChI is InChI=1S/C23H25N3O4/c1-4-25(16(2)27)15-18-14-19(26-11-5-10-24-26)7-8-20(18)21-12-17(13-23(28)29)6-9-22(21)30-3/h5-12,14H,4,13,15H2,1-3H3,(H,28,29). The molecule has 1 aromatic heterocycles. The molecular weight excluding hydrogens is 382 g/mol. The molecule has 0 fully saturated rings. The van der Waals surface area contributed by atoms with Crippen LogP contribution in [0.1, 0.15) is 25.0 Å². The molecule has 0 radical (unpaired) electrons. The topological polar surface area (TPSA) is 84.7 Å². The number of aromatic nitrogens is 2. The van der Waals surface area contributed by atoms with Gasteiger partial charge in [-0.2, -0.15) is 5.10 Å². The van der Waals surface area contributed by atoms with E-state index in [4.69, 9.17) is 4.74 Å². The Labute approximate surface area is 175 Å². The van der Waals surface area contributed by atoms with Crippen LogP contribution in [-0.2, 0) is 22.6 Å². The molecule has 0 atom stereocenters. The number of carbonyl (C=O) groups excluding carboxylic acids is 1. The van der Waals surface area contributed by atoms with Crippen molar-refractivity contribution in [3.8, 4) is 22.6 Å². The third kappa shape index (κ3) is 4.68. The van der Waals surface area contributed by atoms with Gasteiger partial charge in [0.15, 0.2) is 0 Å². The maximum Gasteiger partial charge on any atom is 0.307 e. The van der Waals surface area contributed by atoms with Crippen molar-refractivity contribution in [1.29, 1.82) is 0 Å². The van der Waals surface area contributed by atoms with Crippen molar-refractivity contribution in [3.05, 3.63) is 66.0 Å². The lowest BCUT2D eigenvalue weighted by molar-refractivity contribution is -0.136. The largest absolute Gasteiger partial charge is 0.496 e. The summed E-state index contributed by atoms with van der Waals surface area (Å²) in [4.78, 5) is 25.0. The fourth-order valence-electron chi connectivity index (χ4n) is 3.44. The average Bonchev–Trinajstić information content (AvgIpc) is 3.26. The fourth-order valence-corrected chi connectivity index (χ4v) is 3.44. The molecule has 2 aromatic carbocycles. The van der Waals surface area contributed by atoms with Gasteiger partial charge in [0.1, 0.15) is 5.75 Å². The van der Waals surface area contributed by atoms with Crippen molar-refractivity contribution in [2.75, 3.05) is 13.7 Å². The molecule has 0 saturated heterocycles. The van der Waals surface area contributed by atoms with Gasteiger partial charge in [-0.1, -0.05) is 12.1 Å². The Morgan fingerprint density at radius 1 is 1.17 bits per heavy atom. The Bertz CT molecular complexity index is 1040. The summed E-state index contributed by atoms with van der Waals surface area (Å²) in [6, 6.07) is 13.1. The van der Waals surface area contributed by atoms with E-state index >= 15 is 0 Å². The quantitative estimate of drug-likeness (QED) is 0.617. The van der Waals surface area contributed by atoms with Crippen LogP contribution in [-0.4, -0.2) is 45.3 Å². The molecule has 1 N–H and O–H groups in total. The molecule has 0 spiro atoms. The summed E-state index contributed by atoms with van der Waals surface area (Å²) in [5.74, 6) is -0.267. The third-order valence-corrected chi connectivity index (χ3v) is 4.96. The van der Waals surface area contributed by atoms with Gasteiger partial charge >= 0.3 is 5.97 Å². The highest BCUT2D eigenvalue weighted by atomic mass is 16.5. The number of ether oxygens (including phenoxy) is 1. The van der Waals surface area contributed by atoms with Crippen LogP contribution < -0.4 is 4.74 Å². The molecular formula is C23H25N3O4. The van der Waals surface area contributed by atoms with Gasteiger partial charge in [-0.05, 0) is 53.9 Å². The summed E-state index contributed by atoms with van der Waals surface area (Å²) in [5.41, 5.74) is 4.15. The summed E-state index contributed by atoms with van der Waals surface area (Å²) in [5, 5.41) is 13.5. The second kappa shape index (κ2) is 9.26. The molecule has 0 aliphatic heterocycles. The number of hydrogen-bond donors (Lipinski definition) is 1. The Morgan fingerprint density at radius 2 is 1.97 bits per heavy atom. The zero-order valence-electron chi connectivity index (χ0n) is 17.3. The highest BCUT2D eigenvalue weighted by Gasteiger charge is 2.17. The Hall–Kier alpha value is -3.61. The Balaban J connectivity index is 2.15. The van der Waals surface area contributed by atoms with Crippen molar-refractivity contribution >= 4 is 11.9 Å². The molecule has 3 rings (SSSR count). The van der Waals surface area contributed by atoms with E-state index in [0.29, 0.717) is 24.4 Å². The highest BCUT2D eigenvalue weighted by molar-refractivity contribution is 5.78. The first kappa shape index (κ1) is 21.1. The zero-order chi connectivity index (χ0) is 21.7. The van der Waals surface area contributed by atoms with Gasteiger partial charge in [-0.25, -0.2) is 4.68 Å². The molecule has 3 aromatic rings. The maximum absolute atomic E-state index is 12.1. The Morgan fingerprint density at radius 3 is 2.57 bits per heavy atom. The number of hydrogen-bond acceptors (Lipinski definition) is 4. The van der Waals surface area contributed by atoms with Gasteiger partial charge in [-0.3, -0.25) is 9.59 Å². The second-order valence-corrected chi connectivity index (χ2v) is 6.93. The Kier molecular flexibility index (Phi) is 6.51. The van der Waals surface area contributed by atoms with Crippen LogP contribution in [0.5, 0.6) is 5.75 Å². The van der Waals surface area contributed by atoms with Gasteiger partial charge in [0, 0.05) is 38.0 Å². The van der Waals surface area contributed by atoms with Gasteiger partial charge < -0.3 is 14.7 Å². The van der Waals surface area contributed by atoms with Crippen molar-refractivity contribution in [3.63, 3.8) is 0 Å². The molecule has 0 saturated carbocycles. The number of methoxy groups -OCH3 is 1. The molecule has 1 amide bonds. The third-order valence-electron chi connectivity index (χ3n) is 4.96. The molecule has 1 heterocycles. The number of nitrogens with zero attached hydrogens (tertiary/aromatic N) is 3. The molecule has 7 nitrogen and oxygen atoms in total. The highest BCUT2D eigenvalue weighted by Crippen LogP contribution is 2.35. The van der Waals surface area contributed by atoms with E-state index in [1.807, 2.05) is 43.5 Å². The van der Waals surface area contributed by atoms with E-state index < -0.39 is 5.97 Å². The molecule has 156 valence electrons. The minimum atomic E-state index is -0.894. The SMILES string of the molecule is CCN(Cc1cc(-n2cccn2)ccc1-c1cc(CC(=O)O)ccc1OC)C(C)=O. The molecule has 0 aliphatic rings. The lowest BCUT2D eigenvalue weighted by Crippen LogP contribution is -2.28. The number of amides is 1. The number of benzene rings is 2. The van der Waals surface area contributed by atoms with Crippen LogP contribution in [0, 0.1) is 0 Å². The van der Waals surface area contributed by atoms with Crippen molar-refractivity contribution in [2.24, 2.45) is 0 Å². The minimum absolute atomic E-state index is 0.0143. The maximum atomic E-state index is 12.1. The summed E-state index contributed by atoms with van der Waals surface area (Å²) in [6.45, 7) is 4.49. The molecule has 0 unspecified atom stereocenters. The molecule has 0 bridgehead atoms. The van der Waals surface area contributed by atoms with Crippen LogP contribution >= 0.6 is 0 Å². The first-order chi connectivity index (χ1) is 14.4. The van der Waals surface area contributed by atoms with Crippen LogP contribution in [0.15, 0.2) is 54.9 Å². The summed E-state index contributed by atoms with van der Waals surface area (Å²) >= 11 is 0. The van der Waals surface area contributed by atoms with Crippen molar-refractivity contribution in [2.45, 2.75) is 26.8 Å². The predicted octanol–water partition coefficient (Wildman–Crippen LogP) is 3.54. The predicted molar refractivity (Wildman–Crippen MR) is 114 cm³/mol. The van der Waals surface area contributed by atoms with Crippen LogP contribution in [0.3, 0.4) is 0 Å². The molecule has 30 heavy (non-hydrogen) atoms. The molecule has 0 aliphatic carbocycles. The second-order valence-electron chi connectivity index (χ2n) is 6.93. The number of carbonyl (C=O) groups is 2. The van der Waals surface area contributed by atoms with E-state index in [2.05, 4.69) is 5.10 Å². The van der Waals surface area contributed by atoms with E-state index in [0.717, 1.165) is 22.4 Å². The van der Waals surface area contributed by atoms with Crippen molar-refractivity contribution in [1.82, 2.24) is 14.7 Å². The van der Waals surface area contributed by atoms with Gasteiger partial charge in [-0.15, -0.1) is 0 Å². The summed E-state index contributed by atoms with van der Waals surface area (Å²) in [6.07, 6.45) is 3.49. The van der Waals surface area contributed by atoms with E-state index in [1.165, 1.54) is 0 Å². The van der Waals surface area contributed by atoms with Crippen LogP contribution in [0.4, 0.5) is 0 Å². The monoisotopic (exact) mass is 407 g/mol. The first-order valence-electron chi connectivity index (χ1n) is 9.70. The normalized spacial score (nSPS) is 10.6. The summed E-state index contributed by atoms with van der Waals surface area (Å²) < 4.78 is 7.31. The van der Waals surface area contributed by atoms with E-state index in [9.17, 15) is 14.7 Å². The number of aliphatic carboxylic acids is 1. The van der Waals surface area contributed by atoms with Gasteiger partial charge in [0.05, 0.1) is 19.2 Å². The van der Waals surface area contributed by atoms with Gasteiger partial charge in [0.25, 0.3) is 0 Å². The first-order valence-corrected chi connectivity index (χ1v) is 9.70. The molecule has 7 heteroatoms. The lowest BCUT2D eigenvalue weighted by atomic mass is 9.95. The smallest absolute Gasteiger partial charge is 0.307 e. The lowest BCUT2D eigenvalue weighted by Gasteiger charge is -2.22.